The largest absolute Gasteiger partial charge is 0.341 e. The molecule has 2 unspecified atom stereocenters. The molecule has 0 aromatic heterocycles. The number of hydrogen-bond donors (Lipinski definition) is 0. The molecule has 1 aromatic carbocycles. The second-order valence-corrected chi connectivity index (χ2v) is 5.64. The van der Waals surface area contributed by atoms with E-state index in [0.717, 1.165) is 12.5 Å². The minimum absolute atomic E-state index is 0.0511. The van der Waals surface area contributed by atoms with Gasteiger partial charge in [-0.1, -0.05) is 6.92 Å². The smallest absolute Gasteiger partial charge is 0.253 e. The van der Waals surface area contributed by atoms with Gasteiger partial charge < -0.3 is 4.90 Å². The van der Waals surface area contributed by atoms with E-state index in [4.69, 9.17) is 0 Å². The Kier molecular flexibility index (Phi) is 3.52. The fourth-order valence-electron chi connectivity index (χ4n) is 1.94. The number of halogens is 2. The third-order valence-corrected chi connectivity index (χ3v) is 3.91. The van der Waals surface area contributed by atoms with Gasteiger partial charge in [-0.25, -0.2) is 4.39 Å². The van der Waals surface area contributed by atoms with E-state index in [1.54, 1.807) is 11.9 Å². The average Bonchev–Trinajstić information content (AvgIpc) is 2.97. The number of hydrogen-bond acceptors (Lipinski definition) is 1. The van der Waals surface area contributed by atoms with Crippen LogP contribution in [-0.2, 0) is 0 Å². The summed E-state index contributed by atoms with van der Waals surface area (Å²) in [5.74, 6) is 0.961. The van der Waals surface area contributed by atoms with Gasteiger partial charge in [0.25, 0.3) is 5.91 Å². The van der Waals surface area contributed by atoms with Crippen LogP contribution in [0.2, 0.25) is 0 Å². The third kappa shape index (κ3) is 2.86. The van der Waals surface area contributed by atoms with Gasteiger partial charge in [0, 0.05) is 19.2 Å². The van der Waals surface area contributed by atoms with Gasteiger partial charge in [-0.05, 0) is 52.4 Å². The summed E-state index contributed by atoms with van der Waals surface area (Å²) in [5.41, 5.74) is 0.522. The van der Waals surface area contributed by atoms with Gasteiger partial charge in [0.05, 0.1) is 4.47 Å². The summed E-state index contributed by atoms with van der Waals surface area (Å²) in [5, 5.41) is 0. The lowest BCUT2D eigenvalue weighted by atomic mass is 10.2. The van der Waals surface area contributed by atoms with Crippen molar-refractivity contribution in [2.24, 2.45) is 11.8 Å². The van der Waals surface area contributed by atoms with Crippen molar-refractivity contribution in [1.29, 1.82) is 0 Å². The van der Waals surface area contributed by atoms with Crippen molar-refractivity contribution in [3.8, 4) is 0 Å². The molecule has 0 bridgehead atoms. The first-order valence-electron chi connectivity index (χ1n) is 5.69. The molecular weight excluding hydrogens is 285 g/mol. The van der Waals surface area contributed by atoms with Gasteiger partial charge in [-0.3, -0.25) is 4.79 Å². The first-order valence-corrected chi connectivity index (χ1v) is 6.49. The highest BCUT2D eigenvalue weighted by atomic mass is 79.9. The van der Waals surface area contributed by atoms with Crippen LogP contribution in [0.3, 0.4) is 0 Å². The SMILES string of the molecule is CC1CC1CN(C)C(=O)c1ccc(F)c(Br)c1. The van der Waals surface area contributed by atoms with Gasteiger partial charge in [0.15, 0.2) is 0 Å². The fraction of sp³-hybridized carbons (Fsp3) is 0.462. The molecule has 2 atom stereocenters. The maximum absolute atomic E-state index is 13.1. The van der Waals surface area contributed by atoms with Crippen LogP contribution in [0.5, 0.6) is 0 Å². The fourth-order valence-corrected chi connectivity index (χ4v) is 2.32. The molecule has 1 aliphatic carbocycles. The van der Waals surface area contributed by atoms with Crippen molar-refractivity contribution >= 4 is 21.8 Å². The summed E-state index contributed by atoms with van der Waals surface area (Å²) in [6.45, 7) is 2.98. The monoisotopic (exact) mass is 299 g/mol. The summed E-state index contributed by atoms with van der Waals surface area (Å²) >= 11 is 3.09. The first kappa shape index (κ1) is 12.6. The van der Waals surface area contributed by atoms with Crippen molar-refractivity contribution in [2.45, 2.75) is 13.3 Å². The normalized spacial score (nSPS) is 22.4. The highest BCUT2D eigenvalue weighted by Crippen LogP contribution is 2.38. The minimum atomic E-state index is -0.347. The molecule has 1 amide bonds. The minimum Gasteiger partial charge on any atom is -0.341 e. The molecule has 0 spiro atoms. The van der Waals surface area contributed by atoms with Crippen LogP contribution in [0, 0.1) is 17.7 Å². The zero-order valence-electron chi connectivity index (χ0n) is 9.91. The first-order chi connectivity index (χ1) is 7.99. The molecule has 4 heteroatoms. The summed E-state index contributed by atoms with van der Waals surface area (Å²) in [4.78, 5) is 13.8. The molecular formula is C13H15BrFNO. The third-order valence-electron chi connectivity index (χ3n) is 3.30. The van der Waals surface area contributed by atoms with E-state index < -0.39 is 0 Å². The molecule has 0 N–H and O–H groups in total. The second-order valence-electron chi connectivity index (χ2n) is 4.79. The lowest BCUT2D eigenvalue weighted by Crippen LogP contribution is -2.29. The van der Waals surface area contributed by atoms with Gasteiger partial charge in [-0.2, -0.15) is 0 Å². The van der Waals surface area contributed by atoms with E-state index in [2.05, 4.69) is 22.9 Å². The molecule has 1 saturated carbocycles. The molecule has 1 aliphatic rings. The van der Waals surface area contributed by atoms with Crippen LogP contribution >= 0.6 is 15.9 Å². The van der Waals surface area contributed by atoms with Crippen molar-refractivity contribution in [3.05, 3.63) is 34.1 Å². The van der Waals surface area contributed by atoms with Crippen molar-refractivity contribution in [2.75, 3.05) is 13.6 Å². The average molecular weight is 300 g/mol. The van der Waals surface area contributed by atoms with E-state index >= 15 is 0 Å². The zero-order valence-corrected chi connectivity index (χ0v) is 11.5. The highest BCUT2D eigenvalue weighted by Gasteiger charge is 2.34. The van der Waals surface area contributed by atoms with Crippen LogP contribution in [0.25, 0.3) is 0 Å². The number of carbonyl (C=O) groups excluding carboxylic acids is 1. The van der Waals surface area contributed by atoms with Crippen molar-refractivity contribution < 1.29 is 9.18 Å². The Morgan fingerprint density at radius 1 is 1.59 bits per heavy atom. The number of nitrogens with zero attached hydrogens (tertiary/aromatic N) is 1. The summed E-state index contributed by atoms with van der Waals surface area (Å²) in [6.07, 6.45) is 1.20. The van der Waals surface area contributed by atoms with Crippen LogP contribution in [-0.4, -0.2) is 24.4 Å². The second kappa shape index (κ2) is 4.77. The predicted molar refractivity (Wildman–Crippen MR) is 68.3 cm³/mol. The maximum Gasteiger partial charge on any atom is 0.253 e. The van der Waals surface area contributed by atoms with Crippen LogP contribution in [0.15, 0.2) is 22.7 Å². The molecule has 0 heterocycles. The Morgan fingerprint density at radius 2 is 2.24 bits per heavy atom. The zero-order chi connectivity index (χ0) is 12.6. The molecule has 2 rings (SSSR count). The Balaban J connectivity index is 2.05. The Bertz CT molecular complexity index is 449. The Morgan fingerprint density at radius 3 is 2.76 bits per heavy atom. The van der Waals surface area contributed by atoms with E-state index in [9.17, 15) is 9.18 Å². The number of carbonyl (C=O) groups is 1. The van der Waals surface area contributed by atoms with E-state index in [0.29, 0.717) is 16.0 Å². The standard InChI is InChI=1S/C13H15BrFNO/c1-8-5-10(8)7-16(2)13(17)9-3-4-12(15)11(14)6-9/h3-4,6,8,10H,5,7H2,1-2H3. The topological polar surface area (TPSA) is 20.3 Å². The van der Waals surface area contributed by atoms with Crippen LogP contribution in [0.1, 0.15) is 23.7 Å². The van der Waals surface area contributed by atoms with Crippen LogP contribution < -0.4 is 0 Å². The summed E-state index contributed by atoms with van der Waals surface area (Å²) < 4.78 is 13.4. The number of rotatable bonds is 3. The Labute approximate surface area is 109 Å². The van der Waals surface area contributed by atoms with Gasteiger partial charge in [0.1, 0.15) is 5.82 Å². The molecule has 0 saturated heterocycles. The molecule has 2 nitrogen and oxygen atoms in total. The molecule has 17 heavy (non-hydrogen) atoms. The quantitative estimate of drug-likeness (QED) is 0.838. The van der Waals surface area contributed by atoms with E-state index in [-0.39, 0.29) is 11.7 Å². The van der Waals surface area contributed by atoms with Crippen LogP contribution in [0.4, 0.5) is 4.39 Å². The van der Waals surface area contributed by atoms with Crippen molar-refractivity contribution in [3.63, 3.8) is 0 Å². The van der Waals surface area contributed by atoms with E-state index in [1.807, 2.05) is 0 Å². The maximum atomic E-state index is 13.1. The van der Waals surface area contributed by atoms with E-state index in [1.165, 1.54) is 24.6 Å². The molecule has 92 valence electrons. The molecule has 1 fully saturated rings. The van der Waals surface area contributed by atoms with Crippen molar-refractivity contribution in [1.82, 2.24) is 4.90 Å². The highest BCUT2D eigenvalue weighted by molar-refractivity contribution is 9.10. The van der Waals surface area contributed by atoms with Gasteiger partial charge >= 0.3 is 0 Å². The molecule has 1 aromatic rings. The van der Waals surface area contributed by atoms with Gasteiger partial charge in [-0.15, -0.1) is 0 Å². The van der Waals surface area contributed by atoms with Gasteiger partial charge in [0.2, 0.25) is 0 Å². The molecule has 0 aliphatic heterocycles. The predicted octanol–water partition coefficient (Wildman–Crippen LogP) is 3.32. The lowest BCUT2D eigenvalue weighted by molar-refractivity contribution is 0.0787. The number of amides is 1. The summed E-state index contributed by atoms with van der Waals surface area (Å²) in [6, 6.07) is 4.37. The Hall–Kier alpha value is -0.900. The summed E-state index contributed by atoms with van der Waals surface area (Å²) in [7, 11) is 1.80. The number of benzene rings is 1. The lowest BCUT2D eigenvalue weighted by Gasteiger charge is -2.17. The molecule has 0 radical (unpaired) electrons.